The van der Waals surface area contributed by atoms with Crippen LogP contribution in [0.5, 0.6) is 0 Å². The van der Waals surface area contributed by atoms with Crippen LogP contribution < -0.4 is 10.6 Å². The third-order valence-electron chi connectivity index (χ3n) is 3.83. The van der Waals surface area contributed by atoms with Crippen LogP contribution in [-0.4, -0.2) is 22.8 Å². The molecule has 24 heavy (non-hydrogen) atoms. The molecule has 1 fully saturated rings. The van der Waals surface area contributed by atoms with Gasteiger partial charge in [-0.15, -0.1) is 11.8 Å². The summed E-state index contributed by atoms with van der Waals surface area (Å²) in [4.78, 5) is 38.2. The van der Waals surface area contributed by atoms with Crippen molar-refractivity contribution >= 4 is 40.7 Å². The molecule has 0 spiro atoms. The number of amides is 2. The first-order valence-corrected chi connectivity index (χ1v) is 8.34. The molecule has 0 saturated carbocycles. The monoisotopic (exact) mass is 340 g/mol. The molecule has 0 radical (unpaired) electrons. The second-order valence-electron chi connectivity index (χ2n) is 5.52. The van der Waals surface area contributed by atoms with E-state index >= 15 is 0 Å². The highest BCUT2D eigenvalue weighted by atomic mass is 32.2. The Kier molecular flexibility index (Phi) is 4.40. The maximum absolute atomic E-state index is 12.6. The second-order valence-corrected chi connectivity index (χ2v) is 6.76. The zero-order valence-electron chi connectivity index (χ0n) is 13.1. The lowest BCUT2D eigenvalue weighted by Crippen LogP contribution is -2.31. The summed E-state index contributed by atoms with van der Waals surface area (Å²) in [6, 6.07) is 13.8. The SMILES string of the molecule is CC(=O)c1ccc(N2C(=O)C[C@@H](Sc3ccccc3N)C2=O)cc1. The summed E-state index contributed by atoms with van der Waals surface area (Å²) < 4.78 is 0. The van der Waals surface area contributed by atoms with Crippen molar-refractivity contribution in [3.05, 3.63) is 54.1 Å². The molecule has 1 saturated heterocycles. The molecule has 0 aliphatic carbocycles. The largest absolute Gasteiger partial charge is 0.398 e. The van der Waals surface area contributed by atoms with Gasteiger partial charge in [-0.3, -0.25) is 14.4 Å². The van der Waals surface area contributed by atoms with E-state index in [9.17, 15) is 14.4 Å². The van der Waals surface area contributed by atoms with Gasteiger partial charge in [0.15, 0.2) is 5.78 Å². The van der Waals surface area contributed by atoms with E-state index in [0.29, 0.717) is 16.9 Å². The van der Waals surface area contributed by atoms with Gasteiger partial charge in [-0.2, -0.15) is 0 Å². The highest BCUT2D eigenvalue weighted by Crippen LogP contribution is 2.36. The van der Waals surface area contributed by atoms with E-state index in [1.807, 2.05) is 18.2 Å². The standard InChI is InChI=1S/C18H16N2O3S/c1-11(21)12-6-8-13(9-7-12)20-17(22)10-16(18(20)23)24-15-5-3-2-4-14(15)19/h2-9,16H,10,19H2,1H3/t16-/m1/s1. The number of nitrogens with zero attached hydrogens (tertiary/aromatic N) is 1. The van der Waals surface area contributed by atoms with E-state index in [1.165, 1.54) is 23.6 Å². The van der Waals surface area contributed by atoms with Crippen LogP contribution in [0.25, 0.3) is 0 Å². The van der Waals surface area contributed by atoms with Crippen LogP contribution in [0.2, 0.25) is 0 Å². The maximum Gasteiger partial charge on any atom is 0.247 e. The molecule has 2 amide bonds. The lowest BCUT2D eigenvalue weighted by molar-refractivity contribution is -0.121. The van der Waals surface area contributed by atoms with Crippen molar-refractivity contribution in [3.8, 4) is 0 Å². The number of imide groups is 1. The number of ketones is 1. The van der Waals surface area contributed by atoms with Gasteiger partial charge < -0.3 is 5.73 Å². The molecule has 1 heterocycles. The fourth-order valence-electron chi connectivity index (χ4n) is 2.55. The second kappa shape index (κ2) is 6.49. The van der Waals surface area contributed by atoms with Crippen molar-refractivity contribution in [1.29, 1.82) is 0 Å². The quantitative estimate of drug-likeness (QED) is 0.526. The molecule has 1 aliphatic heterocycles. The van der Waals surface area contributed by atoms with Gasteiger partial charge in [-0.25, -0.2) is 4.90 Å². The molecule has 6 heteroatoms. The van der Waals surface area contributed by atoms with Crippen molar-refractivity contribution < 1.29 is 14.4 Å². The van der Waals surface area contributed by atoms with Crippen molar-refractivity contribution in [3.63, 3.8) is 0 Å². The van der Waals surface area contributed by atoms with Gasteiger partial charge in [0.1, 0.15) is 0 Å². The summed E-state index contributed by atoms with van der Waals surface area (Å²) in [7, 11) is 0. The minimum Gasteiger partial charge on any atom is -0.398 e. The van der Waals surface area contributed by atoms with E-state index in [4.69, 9.17) is 5.73 Å². The number of nitrogens with two attached hydrogens (primary N) is 1. The molecular weight excluding hydrogens is 324 g/mol. The Bertz CT molecular complexity index is 817. The van der Waals surface area contributed by atoms with E-state index in [0.717, 1.165) is 4.90 Å². The first kappa shape index (κ1) is 16.3. The van der Waals surface area contributed by atoms with E-state index < -0.39 is 5.25 Å². The Morgan fingerprint density at radius 3 is 2.42 bits per heavy atom. The van der Waals surface area contributed by atoms with Gasteiger partial charge in [0.05, 0.1) is 10.9 Å². The Morgan fingerprint density at radius 2 is 1.79 bits per heavy atom. The smallest absolute Gasteiger partial charge is 0.247 e. The third-order valence-corrected chi connectivity index (χ3v) is 5.10. The molecular formula is C18H16N2O3S. The van der Waals surface area contributed by atoms with Gasteiger partial charge in [0.2, 0.25) is 11.8 Å². The minimum absolute atomic E-state index is 0.0615. The number of anilines is 2. The zero-order valence-corrected chi connectivity index (χ0v) is 13.9. The molecule has 1 atom stereocenters. The van der Waals surface area contributed by atoms with Crippen molar-refractivity contribution in [2.24, 2.45) is 0 Å². The summed E-state index contributed by atoms with van der Waals surface area (Å²) >= 11 is 1.30. The summed E-state index contributed by atoms with van der Waals surface area (Å²) in [6.07, 6.45) is 0.131. The summed E-state index contributed by atoms with van der Waals surface area (Å²) in [5.74, 6) is -0.569. The number of rotatable bonds is 4. The number of carbonyl (C=O) groups excluding carboxylic acids is 3. The van der Waals surface area contributed by atoms with Crippen LogP contribution >= 0.6 is 11.8 Å². The Hall–Kier alpha value is -2.60. The van der Waals surface area contributed by atoms with Crippen LogP contribution in [0.15, 0.2) is 53.4 Å². The van der Waals surface area contributed by atoms with Gasteiger partial charge in [0, 0.05) is 22.6 Å². The Morgan fingerprint density at radius 1 is 1.12 bits per heavy atom. The molecule has 0 aromatic heterocycles. The maximum atomic E-state index is 12.6. The normalized spacial score (nSPS) is 17.4. The molecule has 5 nitrogen and oxygen atoms in total. The lowest BCUT2D eigenvalue weighted by Gasteiger charge is -2.15. The number of benzene rings is 2. The molecule has 2 N–H and O–H groups in total. The van der Waals surface area contributed by atoms with Crippen LogP contribution in [-0.2, 0) is 9.59 Å². The van der Waals surface area contributed by atoms with Crippen molar-refractivity contribution in [2.75, 3.05) is 10.6 Å². The van der Waals surface area contributed by atoms with Crippen molar-refractivity contribution in [2.45, 2.75) is 23.5 Å². The van der Waals surface area contributed by atoms with E-state index in [-0.39, 0.29) is 24.0 Å². The van der Waals surface area contributed by atoms with Gasteiger partial charge in [-0.1, -0.05) is 12.1 Å². The molecule has 0 bridgehead atoms. The Labute approximate surface area is 143 Å². The molecule has 122 valence electrons. The molecule has 3 rings (SSSR count). The van der Waals surface area contributed by atoms with Crippen LogP contribution in [0.3, 0.4) is 0 Å². The average Bonchev–Trinajstić information content (AvgIpc) is 2.84. The number of carbonyl (C=O) groups is 3. The van der Waals surface area contributed by atoms with E-state index in [2.05, 4.69) is 0 Å². The summed E-state index contributed by atoms with van der Waals surface area (Å²) in [6.45, 7) is 1.47. The highest BCUT2D eigenvalue weighted by Gasteiger charge is 2.40. The number of Topliss-reactive ketones (excluding diaryl/α,β-unsaturated/α-hetero) is 1. The van der Waals surface area contributed by atoms with Crippen LogP contribution in [0, 0.1) is 0 Å². The number of para-hydroxylation sites is 1. The number of thioether (sulfide) groups is 1. The fourth-order valence-corrected chi connectivity index (χ4v) is 3.65. The molecule has 2 aromatic rings. The summed E-state index contributed by atoms with van der Waals surface area (Å²) in [5.41, 5.74) is 7.52. The van der Waals surface area contributed by atoms with Gasteiger partial charge >= 0.3 is 0 Å². The number of hydrogen-bond acceptors (Lipinski definition) is 5. The van der Waals surface area contributed by atoms with Crippen LogP contribution in [0.1, 0.15) is 23.7 Å². The van der Waals surface area contributed by atoms with Crippen LogP contribution in [0.4, 0.5) is 11.4 Å². The van der Waals surface area contributed by atoms with Gasteiger partial charge in [-0.05, 0) is 43.3 Å². The van der Waals surface area contributed by atoms with Gasteiger partial charge in [0.25, 0.3) is 0 Å². The number of hydrogen-bond donors (Lipinski definition) is 1. The minimum atomic E-state index is -0.491. The predicted octanol–water partition coefficient (Wildman–Crippen LogP) is 2.90. The number of nitrogen functional groups attached to an aromatic ring is 1. The third kappa shape index (κ3) is 3.05. The van der Waals surface area contributed by atoms with E-state index in [1.54, 1.807) is 30.3 Å². The highest BCUT2D eigenvalue weighted by molar-refractivity contribution is 8.00. The predicted molar refractivity (Wildman–Crippen MR) is 94.1 cm³/mol. The first-order valence-electron chi connectivity index (χ1n) is 7.46. The molecule has 0 unspecified atom stereocenters. The molecule has 1 aliphatic rings. The first-order chi connectivity index (χ1) is 11.5. The Balaban J connectivity index is 1.81. The topological polar surface area (TPSA) is 80.5 Å². The zero-order chi connectivity index (χ0) is 17.3. The summed E-state index contributed by atoms with van der Waals surface area (Å²) in [5, 5.41) is -0.491. The lowest BCUT2D eigenvalue weighted by atomic mass is 10.1. The van der Waals surface area contributed by atoms with Crippen molar-refractivity contribution in [1.82, 2.24) is 0 Å². The molecule has 2 aromatic carbocycles. The fraction of sp³-hybridized carbons (Fsp3) is 0.167. The average molecular weight is 340 g/mol.